The molecule has 1 aliphatic heterocycles. The van der Waals surface area contributed by atoms with Crippen molar-refractivity contribution in [2.24, 2.45) is 0 Å². The first-order chi connectivity index (χ1) is 8.72. The summed E-state index contributed by atoms with van der Waals surface area (Å²) in [6, 6.07) is 1.66. The molecule has 1 aliphatic rings. The smallest absolute Gasteiger partial charge is 0.310 e. The van der Waals surface area contributed by atoms with Crippen molar-refractivity contribution in [1.29, 1.82) is 0 Å². The number of methoxy groups -OCH3 is 1. The fraction of sp³-hybridized carbons (Fsp3) is 0.545. The molecule has 1 aromatic rings. The summed E-state index contributed by atoms with van der Waals surface area (Å²) in [5.74, 6) is 0. The third kappa shape index (κ3) is 2.74. The zero-order chi connectivity index (χ0) is 13.0. The Labute approximate surface area is 104 Å². The van der Waals surface area contributed by atoms with Gasteiger partial charge < -0.3 is 14.4 Å². The highest BCUT2D eigenvalue weighted by Gasteiger charge is 2.25. The van der Waals surface area contributed by atoms with Gasteiger partial charge in [-0.1, -0.05) is 0 Å². The molecular formula is C11H15N3O4. The molecule has 98 valence electrons. The van der Waals surface area contributed by atoms with Crippen LogP contribution in [0.1, 0.15) is 0 Å². The molecule has 1 fully saturated rings. The second kappa shape index (κ2) is 5.74. The predicted octanol–water partition coefficient (Wildman–Crippen LogP) is 0.841. The quantitative estimate of drug-likeness (QED) is 0.584. The summed E-state index contributed by atoms with van der Waals surface area (Å²) in [6.45, 7) is 2.23. The molecule has 0 bridgehead atoms. The summed E-state index contributed by atoms with van der Waals surface area (Å²) in [5, 5.41) is 11.0. The number of hydrogen-bond acceptors (Lipinski definition) is 6. The Balaban J connectivity index is 2.18. The van der Waals surface area contributed by atoms with Crippen LogP contribution in [0.5, 0.6) is 0 Å². The Morgan fingerprint density at radius 2 is 2.56 bits per heavy atom. The number of aromatic nitrogens is 1. The van der Waals surface area contributed by atoms with Crippen molar-refractivity contribution in [2.75, 3.05) is 38.3 Å². The summed E-state index contributed by atoms with van der Waals surface area (Å²) in [7, 11) is 1.61. The minimum absolute atomic E-state index is 0.0237. The molecule has 2 heterocycles. The first-order valence-corrected chi connectivity index (χ1v) is 5.66. The molecule has 0 aromatic carbocycles. The molecule has 1 atom stereocenters. The van der Waals surface area contributed by atoms with Gasteiger partial charge in [0.2, 0.25) is 0 Å². The van der Waals surface area contributed by atoms with E-state index in [1.807, 2.05) is 4.90 Å². The van der Waals surface area contributed by atoms with Gasteiger partial charge in [0.05, 0.1) is 24.2 Å². The van der Waals surface area contributed by atoms with Gasteiger partial charge in [0, 0.05) is 26.4 Å². The van der Waals surface area contributed by atoms with Gasteiger partial charge in [0.1, 0.15) is 11.9 Å². The van der Waals surface area contributed by atoms with Crippen molar-refractivity contribution < 1.29 is 14.4 Å². The number of pyridine rings is 1. The average molecular weight is 253 g/mol. The Hall–Kier alpha value is -1.73. The number of nitrogens with zero attached hydrogens (tertiary/aromatic N) is 3. The maximum absolute atomic E-state index is 11.0. The minimum Gasteiger partial charge on any atom is -0.382 e. The molecule has 0 radical (unpaired) electrons. The first kappa shape index (κ1) is 12.7. The van der Waals surface area contributed by atoms with Crippen molar-refractivity contribution in [3.05, 3.63) is 28.6 Å². The minimum atomic E-state index is -0.414. The summed E-state index contributed by atoms with van der Waals surface area (Å²) < 4.78 is 10.6. The molecular weight excluding hydrogens is 238 g/mol. The topological polar surface area (TPSA) is 77.7 Å². The highest BCUT2D eigenvalue weighted by molar-refractivity contribution is 5.61. The maximum atomic E-state index is 11.0. The van der Waals surface area contributed by atoms with Gasteiger partial charge in [-0.25, -0.2) is 0 Å². The van der Waals surface area contributed by atoms with Crippen molar-refractivity contribution in [1.82, 2.24) is 4.98 Å². The van der Waals surface area contributed by atoms with E-state index >= 15 is 0 Å². The lowest BCUT2D eigenvalue weighted by Gasteiger charge is -2.33. The van der Waals surface area contributed by atoms with Gasteiger partial charge in [0.15, 0.2) is 0 Å². The van der Waals surface area contributed by atoms with E-state index < -0.39 is 4.92 Å². The Kier molecular flexibility index (Phi) is 4.06. The number of rotatable bonds is 4. The molecule has 7 nitrogen and oxygen atoms in total. The van der Waals surface area contributed by atoms with Crippen molar-refractivity contribution in [3.8, 4) is 0 Å². The van der Waals surface area contributed by atoms with Gasteiger partial charge in [-0.15, -0.1) is 0 Å². The second-order valence-corrected chi connectivity index (χ2v) is 4.02. The van der Waals surface area contributed by atoms with Crippen LogP contribution in [0.25, 0.3) is 0 Å². The van der Waals surface area contributed by atoms with Crippen LogP contribution < -0.4 is 4.90 Å². The van der Waals surface area contributed by atoms with Crippen LogP contribution in [0.15, 0.2) is 18.5 Å². The summed E-state index contributed by atoms with van der Waals surface area (Å²) in [6.07, 6.45) is 2.77. The molecule has 18 heavy (non-hydrogen) atoms. The van der Waals surface area contributed by atoms with Crippen LogP contribution >= 0.6 is 0 Å². The normalized spacial score (nSPS) is 19.8. The largest absolute Gasteiger partial charge is 0.382 e. The van der Waals surface area contributed by atoms with Crippen LogP contribution in [-0.2, 0) is 9.47 Å². The molecule has 0 unspecified atom stereocenters. The maximum Gasteiger partial charge on any atom is 0.310 e. The second-order valence-electron chi connectivity index (χ2n) is 4.02. The summed E-state index contributed by atoms with van der Waals surface area (Å²) in [4.78, 5) is 16.3. The van der Waals surface area contributed by atoms with Crippen LogP contribution in [-0.4, -0.2) is 49.4 Å². The van der Waals surface area contributed by atoms with Gasteiger partial charge in [-0.2, -0.15) is 0 Å². The number of anilines is 1. The monoisotopic (exact) mass is 253 g/mol. The highest BCUT2D eigenvalue weighted by atomic mass is 16.6. The van der Waals surface area contributed by atoms with Crippen molar-refractivity contribution in [3.63, 3.8) is 0 Å². The van der Waals surface area contributed by atoms with E-state index in [1.54, 1.807) is 19.4 Å². The van der Waals surface area contributed by atoms with Crippen LogP contribution in [0.3, 0.4) is 0 Å². The summed E-state index contributed by atoms with van der Waals surface area (Å²) >= 11 is 0. The SMILES string of the molecule is COC[C@@H]1CN(c2ccncc2[N+](=O)[O-])CCO1. The molecule has 2 rings (SSSR count). The van der Waals surface area contributed by atoms with E-state index in [-0.39, 0.29) is 11.8 Å². The van der Waals surface area contributed by atoms with Crippen molar-refractivity contribution >= 4 is 11.4 Å². The Morgan fingerprint density at radius 3 is 3.28 bits per heavy atom. The molecule has 0 amide bonds. The fourth-order valence-electron chi connectivity index (χ4n) is 2.01. The third-order valence-electron chi connectivity index (χ3n) is 2.81. The van der Waals surface area contributed by atoms with Crippen molar-refractivity contribution in [2.45, 2.75) is 6.10 Å². The van der Waals surface area contributed by atoms with Crippen LogP contribution in [0.2, 0.25) is 0 Å². The van der Waals surface area contributed by atoms with Gasteiger partial charge in [0.25, 0.3) is 0 Å². The molecule has 1 saturated heterocycles. The third-order valence-corrected chi connectivity index (χ3v) is 2.81. The number of nitro groups is 1. The van der Waals surface area contributed by atoms with E-state index in [0.29, 0.717) is 32.0 Å². The van der Waals surface area contributed by atoms with Gasteiger partial charge >= 0.3 is 5.69 Å². The van der Waals surface area contributed by atoms with Gasteiger partial charge in [-0.3, -0.25) is 15.1 Å². The van der Waals surface area contributed by atoms with Gasteiger partial charge in [-0.05, 0) is 6.07 Å². The number of hydrogen-bond donors (Lipinski definition) is 0. The predicted molar refractivity (Wildman–Crippen MR) is 64.7 cm³/mol. The number of ether oxygens (including phenoxy) is 2. The average Bonchev–Trinajstić information content (AvgIpc) is 2.39. The number of morpholine rings is 1. The fourth-order valence-corrected chi connectivity index (χ4v) is 2.01. The Bertz CT molecular complexity index is 425. The van der Waals surface area contributed by atoms with Crippen LogP contribution in [0, 0.1) is 10.1 Å². The molecule has 7 heteroatoms. The molecule has 0 N–H and O–H groups in total. The standard InChI is InChI=1S/C11H15N3O4/c1-17-8-9-7-13(4-5-18-9)10-2-3-12-6-11(10)14(15)16/h2-3,6,9H,4-5,7-8H2,1H3/t9-/m0/s1. The zero-order valence-corrected chi connectivity index (χ0v) is 10.1. The molecule has 0 aliphatic carbocycles. The lowest BCUT2D eigenvalue weighted by molar-refractivity contribution is -0.384. The molecule has 1 aromatic heterocycles. The van der Waals surface area contributed by atoms with E-state index in [2.05, 4.69) is 4.98 Å². The lowest BCUT2D eigenvalue weighted by atomic mass is 10.2. The first-order valence-electron chi connectivity index (χ1n) is 5.66. The van der Waals surface area contributed by atoms with E-state index in [9.17, 15) is 10.1 Å². The zero-order valence-electron chi connectivity index (χ0n) is 10.1. The van der Waals surface area contributed by atoms with Crippen LogP contribution in [0.4, 0.5) is 11.4 Å². The summed E-state index contributed by atoms with van der Waals surface area (Å²) in [5.41, 5.74) is 0.606. The highest BCUT2D eigenvalue weighted by Crippen LogP contribution is 2.27. The van der Waals surface area contributed by atoms with E-state index in [4.69, 9.17) is 9.47 Å². The van der Waals surface area contributed by atoms with E-state index in [1.165, 1.54) is 6.20 Å². The molecule has 0 saturated carbocycles. The lowest BCUT2D eigenvalue weighted by Crippen LogP contribution is -2.44. The van der Waals surface area contributed by atoms with E-state index in [0.717, 1.165) is 0 Å². The Morgan fingerprint density at radius 1 is 1.72 bits per heavy atom. The molecule has 0 spiro atoms.